The molecule has 0 spiro atoms. The molecule has 6 heteroatoms. The van der Waals surface area contributed by atoms with Crippen molar-refractivity contribution in [3.8, 4) is 0 Å². The maximum Gasteiger partial charge on any atom is 0.230 e. The Morgan fingerprint density at radius 1 is 1.28 bits per heavy atom. The zero-order valence-corrected chi connectivity index (χ0v) is 14.6. The number of nitrogens with one attached hydrogen (secondary N) is 1. The Bertz CT molecular complexity index is 772. The summed E-state index contributed by atoms with van der Waals surface area (Å²) in [6, 6.07) is 6.63. The molecule has 1 unspecified atom stereocenters. The van der Waals surface area contributed by atoms with Gasteiger partial charge in [-0.15, -0.1) is 11.8 Å². The van der Waals surface area contributed by atoms with Crippen LogP contribution in [0.15, 0.2) is 42.7 Å². The number of nitrogens with zero attached hydrogens (tertiary/aromatic N) is 2. The fourth-order valence-corrected chi connectivity index (χ4v) is 4.74. The molecule has 2 aromatic rings. The smallest absolute Gasteiger partial charge is 0.230 e. The molecule has 1 N–H and O–H groups in total. The summed E-state index contributed by atoms with van der Waals surface area (Å²) in [6.07, 6.45) is 8.77. The van der Waals surface area contributed by atoms with Gasteiger partial charge in [0, 0.05) is 29.0 Å². The summed E-state index contributed by atoms with van der Waals surface area (Å²) in [5.74, 6) is 0.611. The molecule has 1 fully saturated rings. The van der Waals surface area contributed by atoms with Crippen LogP contribution in [0.5, 0.6) is 0 Å². The van der Waals surface area contributed by atoms with Crippen LogP contribution in [0.1, 0.15) is 36.4 Å². The van der Waals surface area contributed by atoms with E-state index >= 15 is 0 Å². The van der Waals surface area contributed by atoms with Crippen LogP contribution in [0.4, 0.5) is 4.39 Å². The molecule has 0 radical (unpaired) electrons. The lowest BCUT2D eigenvalue weighted by Gasteiger charge is -2.37. The third-order valence-corrected chi connectivity index (χ3v) is 6.12. The Kier molecular flexibility index (Phi) is 4.61. The Balaban J connectivity index is 1.54. The van der Waals surface area contributed by atoms with Crippen LogP contribution in [-0.2, 0) is 4.79 Å². The minimum Gasteiger partial charge on any atom is -0.335 e. The number of amides is 1. The van der Waals surface area contributed by atoms with Crippen LogP contribution < -0.4 is 0 Å². The molecular formula is C19H20FN3OS. The van der Waals surface area contributed by atoms with Crippen LogP contribution in [-0.4, -0.2) is 33.3 Å². The Hall–Kier alpha value is -2.08. The first kappa shape index (κ1) is 16.4. The first-order valence-electron chi connectivity index (χ1n) is 8.62. The quantitative estimate of drug-likeness (QED) is 0.903. The second-order valence-electron chi connectivity index (χ2n) is 6.53. The van der Waals surface area contributed by atoms with Gasteiger partial charge in [0.1, 0.15) is 5.82 Å². The summed E-state index contributed by atoms with van der Waals surface area (Å²) in [7, 11) is 0. The number of carbonyl (C=O) groups is 1. The highest BCUT2D eigenvalue weighted by Crippen LogP contribution is 2.39. The number of benzene rings is 1. The lowest BCUT2D eigenvalue weighted by molar-refractivity contribution is -0.137. The number of H-pyrrole nitrogens is 1. The zero-order valence-electron chi connectivity index (χ0n) is 13.8. The van der Waals surface area contributed by atoms with E-state index in [-0.39, 0.29) is 23.7 Å². The molecule has 1 saturated heterocycles. The molecule has 25 heavy (non-hydrogen) atoms. The van der Waals surface area contributed by atoms with E-state index in [0.29, 0.717) is 0 Å². The molecule has 0 aliphatic carbocycles. The molecule has 4 rings (SSSR count). The maximum atomic E-state index is 13.2. The Labute approximate surface area is 150 Å². The van der Waals surface area contributed by atoms with E-state index in [0.717, 1.165) is 47.6 Å². The van der Waals surface area contributed by atoms with Gasteiger partial charge in [0.25, 0.3) is 0 Å². The van der Waals surface area contributed by atoms with Gasteiger partial charge >= 0.3 is 0 Å². The van der Waals surface area contributed by atoms with Gasteiger partial charge < -0.3 is 4.90 Å². The van der Waals surface area contributed by atoms with E-state index in [1.54, 1.807) is 18.0 Å². The van der Waals surface area contributed by atoms with Crippen molar-refractivity contribution in [1.82, 2.24) is 15.1 Å². The molecule has 0 saturated carbocycles. The second-order valence-corrected chi connectivity index (χ2v) is 7.59. The number of aromatic amines is 1. The molecule has 2 aliphatic rings. The molecule has 1 aromatic carbocycles. The highest BCUT2D eigenvalue weighted by Gasteiger charge is 2.34. The molecule has 0 bridgehead atoms. The van der Waals surface area contributed by atoms with E-state index in [4.69, 9.17) is 0 Å². The number of hydrogen-bond donors (Lipinski definition) is 1. The maximum absolute atomic E-state index is 13.2. The van der Waals surface area contributed by atoms with Gasteiger partial charge in [-0.05, 0) is 37.0 Å². The lowest BCUT2D eigenvalue weighted by Crippen LogP contribution is -2.41. The number of carbonyl (C=O) groups excluding carboxylic acids is 1. The van der Waals surface area contributed by atoms with Gasteiger partial charge in [-0.1, -0.05) is 18.2 Å². The third-order valence-electron chi connectivity index (χ3n) is 4.91. The van der Waals surface area contributed by atoms with Crippen molar-refractivity contribution in [2.24, 2.45) is 5.92 Å². The molecule has 4 nitrogen and oxygen atoms in total. The first-order chi connectivity index (χ1) is 12.2. The summed E-state index contributed by atoms with van der Waals surface area (Å²) in [5, 5.41) is 6.80. The molecule has 1 aromatic heterocycles. The first-order valence-corrected chi connectivity index (χ1v) is 9.60. The topological polar surface area (TPSA) is 49.0 Å². The van der Waals surface area contributed by atoms with Crippen LogP contribution in [0.3, 0.4) is 0 Å². The molecule has 130 valence electrons. The minimum atomic E-state index is -0.239. The summed E-state index contributed by atoms with van der Waals surface area (Å²) >= 11 is 1.70. The van der Waals surface area contributed by atoms with Crippen LogP contribution in [0.2, 0.25) is 0 Å². The summed E-state index contributed by atoms with van der Waals surface area (Å²) in [5.41, 5.74) is 2.06. The molecule has 1 amide bonds. The summed E-state index contributed by atoms with van der Waals surface area (Å²) < 4.78 is 13.2. The molecular weight excluding hydrogens is 337 g/mol. The summed E-state index contributed by atoms with van der Waals surface area (Å²) in [4.78, 5) is 16.2. The number of halogens is 1. The third kappa shape index (κ3) is 3.35. The summed E-state index contributed by atoms with van der Waals surface area (Å²) in [6.45, 7) is 0.775. The number of thioether (sulfide) groups is 1. The van der Waals surface area contributed by atoms with Crippen molar-refractivity contribution in [3.63, 3.8) is 0 Å². The van der Waals surface area contributed by atoms with Crippen molar-refractivity contribution in [2.75, 3.05) is 12.3 Å². The largest absolute Gasteiger partial charge is 0.335 e. The Morgan fingerprint density at radius 3 is 2.88 bits per heavy atom. The van der Waals surface area contributed by atoms with Gasteiger partial charge in [0.2, 0.25) is 5.91 Å². The van der Waals surface area contributed by atoms with Gasteiger partial charge in [-0.2, -0.15) is 5.10 Å². The van der Waals surface area contributed by atoms with E-state index < -0.39 is 0 Å². The lowest BCUT2D eigenvalue weighted by atomic mass is 9.93. The average molecular weight is 357 g/mol. The average Bonchev–Trinajstić information content (AvgIpc) is 3.33. The normalized spacial score (nSPS) is 23.6. The van der Waals surface area contributed by atoms with Gasteiger partial charge in [-0.25, -0.2) is 4.39 Å². The van der Waals surface area contributed by atoms with Crippen molar-refractivity contribution in [2.45, 2.75) is 25.3 Å². The minimum absolute atomic E-state index is 0.0539. The number of hydrogen-bond acceptors (Lipinski definition) is 3. The molecule has 2 aliphatic heterocycles. The predicted molar refractivity (Wildman–Crippen MR) is 97.2 cm³/mol. The monoisotopic (exact) mass is 357 g/mol. The highest BCUT2D eigenvalue weighted by atomic mass is 32.2. The van der Waals surface area contributed by atoms with Crippen LogP contribution in [0, 0.1) is 11.7 Å². The number of likely N-dealkylation sites (tertiary alicyclic amines) is 1. The highest BCUT2D eigenvalue weighted by molar-refractivity contribution is 8.08. The van der Waals surface area contributed by atoms with Crippen molar-refractivity contribution >= 4 is 22.6 Å². The molecule has 3 heterocycles. The van der Waals surface area contributed by atoms with E-state index in [1.165, 1.54) is 12.1 Å². The van der Waals surface area contributed by atoms with E-state index in [9.17, 15) is 9.18 Å². The van der Waals surface area contributed by atoms with Crippen LogP contribution >= 0.6 is 11.8 Å². The fraction of sp³-hybridized carbons (Fsp3) is 0.368. The van der Waals surface area contributed by atoms with Gasteiger partial charge in [0.05, 0.1) is 18.2 Å². The van der Waals surface area contributed by atoms with E-state index in [2.05, 4.69) is 16.3 Å². The van der Waals surface area contributed by atoms with Crippen LogP contribution in [0.25, 0.3) is 4.91 Å². The van der Waals surface area contributed by atoms with Crippen molar-refractivity contribution < 1.29 is 9.18 Å². The predicted octanol–water partition coefficient (Wildman–Crippen LogP) is 4.01. The standard InChI is InChI=1S/C19H20FN3OS/c20-16-6-4-13(5-7-16)17-3-1-2-8-23(17)19(24)14-9-18(25-12-14)15-10-21-22-11-15/h4-7,9-11,14,17H,1-3,8,12H2,(H,21,22)/t14?,17-/m1/s1. The molecule has 2 atom stereocenters. The number of aromatic nitrogens is 2. The number of piperidine rings is 1. The second kappa shape index (κ2) is 7.04. The number of rotatable bonds is 3. The Morgan fingerprint density at radius 2 is 2.12 bits per heavy atom. The van der Waals surface area contributed by atoms with Crippen molar-refractivity contribution in [1.29, 1.82) is 0 Å². The van der Waals surface area contributed by atoms with E-state index in [1.807, 2.05) is 23.2 Å². The van der Waals surface area contributed by atoms with Gasteiger partial charge in [-0.3, -0.25) is 9.89 Å². The van der Waals surface area contributed by atoms with Gasteiger partial charge in [0.15, 0.2) is 0 Å². The SMILES string of the molecule is O=C(C1C=C(c2cn[nH]c2)SC1)N1CCCC[C@@H]1c1ccc(F)cc1. The van der Waals surface area contributed by atoms with Crippen molar-refractivity contribution in [3.05, 3.63) is 59.7 Å². The fourth-order valence-electron chi connectivity index (χ4n) is 3.61. The zero-order chi connectivity index (χ0) is 17.2.